The average molecular weight is 315 g/mol. The molecule has 1 heterocycles. The fourth-order valence-corrected chi connectivity index (χ4v) is 3.81. The summed E-state index contributed by atoms with van der Waals surface area (Å²) in [6.07, 6.45) is -0.438. The molecular formula is C13H14FNO5S. The van der Waals surface area contributed by atoms with Gasteiger partial charge in [-0.25, -0.2) is 12.8 Å². The molecule has 1 aliphatic rings. The molecule has 6 nitrogen and oxygen atoms in total. The highest BCUT2D eigenvalue weighted by molar-refractivity contribution is 7.91. The van der Waals surface area contributed by atoms with Crippen LogP contribution in [0.15, 0.2) is 24.3 Å². The van der Waals surface area contributed by atoms with E-state index in [4.69, 9.17) is 5.11 Å². The third kappa shape index (κ3) is 3.78. The topological polar surface area (TPSA) is 91.8 Å². The first-order chi connectivity index (χ1) is 9.78. The predicted molar refractivity (Wildman–Crippen MR) is 72.1 cm³/mol. The Bertz CT molecular complexity index is 656. The lowest BCUT2D eigenvalue weighted by Gasteiger charge is -2.34. The molecule has 1 aliphatic heterocycles. The molecule has 1 saturated heterocycles. The number of benzene rings is 1. The molecule has 0 aromatic heterocycles. The summed E-state index contributed by atoms with van der Waals surface area (Å²) in [5.74, 6) is -2.72. The van der Waals surface area contributed by atoms with Crippen LogP contribution in [-0.4, -0.2) is 54.4 Å². The van der Waals surface area contributed by atoms with Crippen LogP contribution in [0.5, 0.6) is 0 Å². The second-order valence-electron chi connectivity index (χ2n) is 4.87. The van der Waals surface area contributed by atoms with E-state index in [9.17, 15) is 22.4 Å². The zero-order chi connectivity index (χ0) is 15.6. The van der Waals surface area contributed by atoms with Crippen LogP contribution < -0.4 is 0 Å². The van der Waals surface area contributed by atoms with E-state index >= 15 is 0 Å². The number of hydrogen-bond acceptors (Lipinski definition) is 4. The standard InChI is InChI=1S/C13H14FNO5S/c14-10-3-1-9(2-4-10)13(18)15-5-6-21(19,20)8-11(15)7-12(16)17/h1-4,11H,5-8H2,(H,16,17). The molecule has 2 rings (SSSR count). The van der Waals surface area contributed by atoms with Gasteiger partial charge in [0.1, 0.15) is 5.82 Å². The molecule has 1 fully saturated rings. The first-order valence-corrected chi connectivity index (χ1v) is 8.09. The van der Waals surface area contributed by atoms with Crippen molar-refractivity contribution in [3.63, 3.8) is 0 Å². The first-order valence-electron chi connectivity index (χ1n) is 6.27. The van der Waals surface area contributed by atoms with Crippen LogP contribution in [0.3, 0.4) is 0 Å². The fraction of sp³-hybridized carbons (Fsp3) is 0.385. The van der Waals surface area contributed by atoms with Gasteiger partial charge in [-0.2, -0.15) is 0 Å². The molecule has 1 atom stereocenters. The zero-order valence-corrected chi connectivity index (χ0v) is 11.8. The second-order valence-corrected chi connectivity index (χ2v) is 7.10. The lowest BCUT2D eigenvalue weighted by atomic mass is 10.1. The van der Waals surface area contributed by atoms with E-state index in [0.717, 1.165) is 12.1 Å². The van der Waals surface area contributed by atoms with Crippen molar-refractivity contribution in [2.24, 2.45) is 0 Å². The van der Waals surface area contributed by atoms with Crippen LogP contribution in [0.4, 0.5) is 4.39 Å². The van der Waals surface area contributed by atoms with Crippen molar-refractivity contribution in [2.45, 2.75) is 12.5 Å². The van der Waals surface area contributed by atoms with Crippen LogP contribution in [0, 0.1) is 5.82 Å². The average Bonchev–Trinajstić information content (AvgIpc) is 2.37. The molecule has 0 radical (unpaired) electrons. The van der Waals surface area contributed by atoms with Gasteiger partial charge in [0.05, 0.1) is 24.0 Å². The molecule has 1 unspecified atom stereocenters. The Morgan fingerprint density at radius 1 is 1.29 bits per heavy atom. The van der Waals surface area contributed by atoms with Gasteiger partial charge in [-0.3, -0.25) is 9.59 Å². The Hall–Kier alpha value is -1.96. The molecule has 0 aliphatic carbocycles. The number of carboxylic acid groups (broad SMARTS) is 1. The Kier molecular flexibility index (Phi) is 4.26. The SMILES string of the molecule is O=C(O)CC1CS(=O)(=O)CCN1C(=O)c1ccc(F)cc1. The maximum absolute atomic E-state index is 12.9. The van der Waals surface area contributed by atoms with Gasteiger partial charge in [0.15, 0.2) is 9.84 Å². The molecule has 0 spiro atoms. The van der Waals surface area contributed by atoms with Gasteiger partial charge in [0.25, 0.3) is 5.91 Å². The highest BCUT2D eigenvalue weighted by Crippen LogP contribution is 2.18. The van der Waals surface area contributed by atoms with Crippen LogP contribution in [-0.2, 0) is 14.6 Å². The molecule has 8 heteroatoms. The van der Waals surface area contributed by atoms with E-state index < -0.39 is 40.0 Å². The third-order valence-corrected chi connectivity index (χ3v) is 4.99. The summed E-state index contributed by atoms with van der Waals surface area (Å²) >= 11 is 0. The normalized spacial score (nSPS) is 21.0. The number of carbonyl (C=O) groups is 2. The maximum Gasteiger partial charge on any atom is 0.305 e. The van der Waals surface area contributed by atoms with Gasteiger partial charge in [-0.15, -0.1) is 0 Å². The Balaban J connectivity index is 2.24. The number of hydrogen-bond donors (Lipinski definition) is 1. The van der Waals surface area contributed by atoms with Crippen LogP contribution in [0.2, 0.25) is 0 Å². The van der Waals surface area contributed by atoms with E-state index in [-0.39, 0.29) is 23.6 Å². The molecule has 1 amide bonds. The summed E-state index contributed by atoms with van der Waals surface area (Å²) in [4.78, 5) is 24.4. The highest BCUT2D eigenvalue weighted by Gasteiger charge is 2.35. The van der Waals surface area contributed by atoms with Crippen molar-refractivity contribution < 1.29 is 27.5 Å². The van der Waals surface area contributed by atoms with E-state index in [1.165, 1.54) is 17.0 Å². The first kappa shape index (κ1) is 15.4. The quantitative estimate of drug-likeness (QED) is 0.879. The van der Waals surface area contributed by atoms with Crippen LogP contribution >= 0.6 is 0 Å². The number of carboxylic acids is 1. The van der Waals surface area contributed by atoms with Crippen molar-refractivity contribution in [2.75, 3.05) is 18.1 Å². The summed E-state index contributed by atoms with van der Waals surface area (Å²) < 4.78 is 36.1. The minimum atomic E-state index is -3.35. The molecular weight excluding hydrogens is 301 g/mol. The number of carbonyl (C=O) groups excluding carboxylic acids is 1. The van der Waals surface area contributed by atoms with E-state index in [0.29, 0.717) is 0 Å². The molecule has 1 aromatic rings. The summed E-state index contributed by atoms with van der Waals surface area (Å²) in [6.45, 7) is -0.0590. The minimum absolute atomic E-state index is 0.0590. The number of sulfone groups is 1. The fourth-order valence-electron chi connectivity index (χ4n) is 2.28. The molecule has 1 aromatic carbocycles. The lowest BCUT2D eigenvalue weighted by Crippen LogP contribution is -2.52. The largest absolute Gasteiger partial charge is 0.481 e. The Morgan fingerprint density at radius 2 is 1.90 bits per heavy atom. The van der Waals surface area contributed by atoms with E-state index in [2.05, 4.69) is 0 Å². The van der Waals surface area contributed by atoms with Crippen molar-refractivity contribution >= 4 is 21.7 Å². The maximum atomic E-state index is 12.9. The highest BCUT2D eigenvalue weighted by atomic mass is 32.2. The molecule has 21 heavy (non-hydrogen) atoms. The van der Waals surface area contributed by atoms with Gasteiger partial charge < -0.3 is 10.0 Å². The number of nitrogens with zero attached hydrogens (tertiary/aromatic N) is 1. The molecule has 114 valence electrons. The van der Waals surface area contributed by atoms with Crippen molar-refractivity contribution in [3.8, 4) is 0 Å². The van der Waals surface area contributed by atoms with Crippen molar-refractivity contribution in [3.05, 3.63) is 35.6 Å². The Morgan fingerprint density at radius 3 is 2.48 bits per heavy atom. The zero-order valence-electron chi connectivity index (χ0n) is 11.0. The predicted octanol–water partition coefficient (Wildman–Crippen LogP) is 0.540. The van der Waals surface area contributed by atoms with Crippen molar-refractivity contribution in [1.29, 1.82) is 0 Å². The van der Waals surface area contributed by atoms with Gasteiger partial charge in [0, 0.05) is 12.1 Å². The molecule has 0 bridgehead atoms. The lowest BCUT2D eigenvalue weighted by molar-refractivity contribution is -0.138. The van der Waals surface area contributed by atoms with Gasteiger partial charge in [0.2, 0.25) is 0 Å². The van der Waals surface area contributed by atoms with Gasteiger partial charge >= 0.3 is 5.97 Å². The Labute approximate surface area is 121 Å². The van der Waals surface area contributed by atoms with E-state index in [1.807, 2.05) is 0 Å². The number of aliphatic carboxylic acids is 1. The van der Waals surface area contributed by atoms with Gasteiger partial charge in [-0.05, 0) is 24.3 Å². The van der Waals surface area contributed by atoms with Crippen LogP contribution in [0.25, 0.3) is 0 Å². The monoisotopic (exact) mass is 315 g/mol. The second kappa shape index (κ2) is 5.80. The summed E-state index contributed by atoms with van der Waals surface area (Å²) in [6, 6.07) is 3.93. The number of halogens is 1. The molecule has 0 saturated carbocycles. The van der Waals surface area contributed by atoms with Gasteiger partial charge in [-0.1, -0.05) is 0 Å². The third-order valence-electron chi connectivity index (χ3n) is 3.29. The molecule has 1 N–H and O–H groups in total. The van der Waals surface area contributed by atoms with Crippen molar-refractivity contribution in [1.82, 2.24) is 4.90 Å². The van der Waals surface area contributed by atoms with Crippen LogP contribution in [0.1, 0.15) is 16.8 Å². The number of amides is 1. The summed E-state index contributed by atoms with van der Waals surface area (Å²) in [5, 5.41) is 8.86. The number of rotatable bonds is 3. The minimum Gasteiger partial charge on any atom is -0.481 e. The smallest absolute Gasteiger partial charge is 0.305 e. The van der Waals surface area contributed by atoms with E-state index in [1.54, 1.807) is 0 Å². The summed E-state index contributed by atoms with van der Waals surface area (Å²) in [7, 11) is -3.35. The summed E-state index contributed by atoms with van der Waals surface area (Å²) in [5.41, 5.74) is 0.200.